The van der Waals surface area contributed by atoms with Gasteiger partial charge >= 0.3 is 20.7 Å². The normalized spacial score (nSPS) is 15.9. The van der Waals surface area contributed by atoms with E-state index in [0.29, 0.717) is 25.5 Å². The first kappa shape index (κ1) is 55.6. The molecule has 0 aliphatic rings. The highest BCUT2D eigenvalue weighted by molar-refractivity contribution is 6.90. The van der Waals surface area contributed by atoms with Gasteiger partial charge in [0, 0.05) is 30.7 Å². The van der Waals surface area contributed by atoms with Crippen LogP contribution in [0.25, 0.3) is 0 Å². The Hall–Kier alpha value is -0.422. The summed E-state index contributed by atoms with van der Waals surface area (Å²) < 4.78 is 57.9. The molecule has 2 N–H and O–H groups in total. The molecular formula is C36H80O13Si7. The number of rotatable bonds is 30. The van der Waals surface area contributed by atoms with Crippen molar-refractivity contribution in [2.45, 2.75) is 167 Å². The topological polar surface area (TPSA) is 158 Å². The van der Waals surface area contributed by atoms with Gasteiger partial charge in [-0.1, -0.05) is 18.7 Å². The molecule has 0 aromatic heterocycles. The fourth-order valence-electron chi connectivity index (χ4n) is 5.38. The number of esters is 2. The van der Waals surface area contributed by atoms with Crippen molar-refractivity contribution in [1.29, 1.82) is 0 Å². The third-order valence-electron chi connectivity index (χ3n) is 7.04. The zero-order valence-corrected chi connectivity index (χ0v) is 45.2. The van der Waals surface area contributed by atoms with Gasteiger partial charge in [0.2, 0.25) is 6.29 Å². The van der Waals surface area contributed by atoms with Crippen LogP contribution in [0.4, 0.5) is 0 Å². The lowest BCUT2D eigenvalue weighted by Gasteiger charge is -2.44. The Bertz CT molecular complexity index is 1150. The molecule has 0 radical (unpaired) electrons. The second kappa shape index (κ2) is 24.7. The smallest absolute Gasteiger partial charge is 0.460 e. The summed E-state index contributed by atoms with van der Waals surface area (Å²) in [6.07, 6.45) is 1.87. The lowest BCUT2D eigenvalue weighted by atomic mass is 10.3. The number of carbonyl (C=O) groups is 2. The molecule has 0 aliphatic heterocycles. The zero-order chi connectivity index (χ0) is 43.8. The molecule has 0 saturated carbocycles. The predicted octanol–water partition coefficient (Wildman–Crippen LogP) is 7.30. The molecule has 4 atom stereocenters. The molecule has 0 saturated heterocycles. The van der Waals surface area contributed by atoms with Gasteiger partial charge in [-0.15, -0.1) is 0 Å². The maximum absolute atomic E-state index is 12.1. The van der Waals surface area contributed by atoms with Gasteiger partial charge in [-0.05, 0) is 125 Å². The summed E-state index contributed by atoms with van der Waals surface area (Å²) in [5.74, 6) is -1.66. The lowest BCUT2D eigenvalue weighted by molar-refractivity contribution is -0.165. The number of aliphatic hydroxyl groups is 2. The Morgan fingerprint density at radius 3 is 1.66 bits per heavy atom. The van der Waals surface area contributed by atoms with Crippen LogP contribution in [0.2, 0.25) is 110 Å². The highest BCUT2D eigenvalue weighted by Gasteiger charge is 2.51. The van der Waals surface area contributed by atoms with Gasteiger partial charge in [0.05, 0.1) is 18.9 Å². The van der Waals surface area contributed by atoms with Gasteiger partial charge in [0.15, 0.2) is 41.6 Å². The van der Waals surface area contributed by atoms with Crippen LogP contribution in [0.5, 0.6) is 0 Å². The molecule has 56 heavy (non-hydrogen) atoms. The summed E-state index contributed by atoms with van der Waals surface area (Å²) in [7, 11) is -16.4. The molecule has 0 aromatic rings. The first-order chi connectivity index (χ1) is 25.3. The van der Waals surface area contributed by atoms with Gasteiger partial charge < -0.3 is 50.4 Å². The van der Waals surface area contributed by atoms with Crippen LogP contribution >= 0.6 is 0 Å². The van der Waals surface area contributed by atoms with Crippen molar-refractivity contribution >= 4 is 71.1 Å². The van der Waals surface area contributed by atoms with E-state index in [1.807, 2.05) is 0 Å². The molecule has 0 aliphatic carbocycles. The molecule has 330 valence electrons. The van der Waals surface area contributed by atoms with Crippen molar-refractivity contribution < 1.29 is 59.9 Å². The molecule has 0 bridgehead atoms. The van der Waals surface area contributed by atoms with E-state index in [4.69, 9.17) is 40.1 Å². The van der Waals surface area contributed by atoms with Crippen LogP contribution in [0, 0.1) is 0 Å². The standard InChI is InChI=1S/C36H80O13Si7/c1-19-21-32(38)42-28-31(37)29-43-34(23-27-56(47-53(10,11)12,48-54(13,14)15)49-55(16,17)18)50(36(45-51(4,5)6)46-52(7,8)9)26-20-24-41-25-22-33(39)44-35(40)30(2)3/h19,21,31,33-34,36-37,39,50H,2,20,22-29H2,1,3-18H3. The SMILES string of the molecule is C=C(C)C(=O)OC(O)CCOCCC[SiH](C(CC[Si](O[Si](C)(C)C)(O[Si](C)(C)C)O[Si](C)(C)C)OCC(O)COC(=O)C=CC)C(O[Si](C)(C)C)O[Si](C)(C)C. The van der Waals surface area contributed by atoms with Crippen molar-refractivity contribution in [3.05, 3.63) is 24.3 Å². The van der Waals surface area contributed by atoms with Gasteiger partial charge in [-0.25, -0.2) is 9.59 Å². The maximum atomic E-state index is 12.1. The number of hydrogen-bond acceptors (Lipinski definition) is 13. The minimum Gasteiger partial charge on any atom is -0.460 e. The fraction of sp³-hybridized carbons (Fsp3) is 0.833. The van der Waals surface area contributed by atoms with Gasteiger partial charge in [-0.2, -0.15) is 0 Å². The average Bonchev–Trinajstić information content (AvgIpc) is 2.95. The largest absolute Gasteiger partial charge is 0.469 e. The highest BCUT2D eigenvalue weighted by atomic mass is 28.5. The molecule has 20 heteroatoms. The molecule has 13 nitrogen and oxygen atoms in total. The van der Waals surface area contributed by atoms with Crippen LogP contribution in [-0.2, 0) is 49.7 Å². The molecular weight excluding hydrogens is 837 g/mol. The van der Waals surface area contributed by atoms with Crippen molar-refractivity contribution in [2.75, 3.05) is 26.4 Å². The summed E-state index contributed by atoms with van der Waals surface area (Å²) in [6.45, 7) is 39.5. The monoisotopic (exact) mass is 916 g/mol. The maximum Gasteiger partial charge on any atom is 0.469 e. The second-order valence-electron chi connectivity index (χ2n) is 19.2. The quantitative estimate of drug-likeness (QED) is 0.0244. The van der Waals surface area contributed by atoms with E-state index in [2.05, 4.69) is 105 Å². The number of hydrogen-bond donors (Lipinski definition) is 2. The summed E-state index contributed by atoms with van der Waals surface area (Å²) >= 11 is 0. The Labute approximate surface area is 347 Å². The third-order valence-corrected chi connectivity index (χ3v) is 25.0. The molecule has 0 fully saturated rings. The van der Waals surface area contributed by atoms with E-state index >= 15 is 0 Å². The van der Waals surface area contributed by atoms with Crippen LogP contribution in [-0.4, -0.2) is 132 Å². The minimum atomic E-state index is -3.28. The Morgan fingerprint density at radius 1 is 0.732 bits per heavy atom. The zero-order valence-electron chi connectivity index (χ0n) is 38.0. The van der Waals surface area contributed by atoms with Crippen LogP contribution < -0.4 is 0 Å². The van der Waals surface area contributed by atoms with Crippen molar-refractivity contribution in [3.63, 3.8) is 0 Å². The van der Waals surface area contributed by atoms with Crippen LogP contribution in [0.3, 0.4) is 0 Å². The third kappa shape index (κ3) is 28.9. The van der Waals surface area contributed by atoms with E-state index in [0.717, 1.165) is 6.04 Å². The van der Waals surface area contributed by atoms with E-state index < -0.39 is 89.4 Å². The summed E-state index contributed by atoms with van der Waals surface area (Å²) in [5, 5.41) is 21.2. The van der Waals surface area contributed by atoms with Gasteiger partial charge in [-0.3, -0.25) is 0 Å². The molecule has 0 spiro atoms. The fourth-order valence-corrected chi connectivity index (χ4v) is 28.4. The van der Waals surface area contributed by atoms with E-state index in [1.54, 1.807) is 13.0 Å². The highest BCUT2D eigenvalue weighted by Crippen LogP contribution is 2.33. The average molecular weight is 918 g/mol. The van der Waals surface area contributed by atoms with Crippen LogP contribution in [0.15, 0.2) is 24.3 Å². The molecule has 0 rings (SSSR count). The predicted molar refractivity (Wildman–Crippen MR) is 242 cm³/mol. The van der Waals surface area contributed by atoms with Gasteiger partial charge in [0.25, 0.3) is 0 Å². The molecule has 4 unspecified atom stereocenters. The number of carbonyl (C=O) groups excluding carboxylic acids is 2. The molecule has 0 amide bonds. The van der Waals surface area contributed by atoms with E-state index in [1.165, 1.54) is 13.0 Å². The Balaban J connectivity index is 6.92. The molecule has 0 heterocycles. The lowest BCUT2D eigenvalue weighted by Crippen LogP contribution is -2.61. The minimum absolute atomic E-state index is 0.0611. The first-order valence-corrected chi connectivity index (χ1v) is 41.1. The Kier molecular flexibility index (Phi) is 24.6. The van der Waals surface area contributed by atoms with Crippen molar-refractivity contribution in [1.82, 2.24) is 0 Å². The summed E-state index contributed by atoms with van der Waals surface area (Å²) in [5.41, 5.74) is -0.161. The number of aliphatic hydroxyl groups excluding tert-OH is 2. The van der Waals surface area contributed by atoms with Crippen molar-refractivity contribution in [2.24, 2.45) is 0 Å². The second-order valence-corrected chi connectivity index (χ2v) is 48.3. The summed E-state index contributed by atoms with van der Waals surface area (Å²) in [4.78, 5) is 23.8. The first-order valence-electron chi connectivity index (χ1n) is 19.9. The van der Waals surface area contributed by atoms with Crippen LogP contribution in [0.1, 0.15) is 33.1 Å². The number of allylic oxidation sites excluding steroid dienone is 1. The summed E-state index contributed by atoms with van der Waals surface area (Å²) in [6, 6.07) is 1.24. The Morgan fingerprint density at radius 2 is 1.23 bits per heavy atom. The molecule has 0 aromatic carbocycles. The van der Waals surface area contributed by atoms with Crippen molar-refractivity contribution in [3.8, 4) is 0 Å². The van der Waals surface area contributed by atoms with E-state index in [-0.39, 0.29) is 37.5 Å². The number of ether oxygens (including phenoxy) is 4. The van der Waals surface area contributed by atoms with E-state index in [9.17, 15) is 19.8 Å². The van der Waals surface area contributed by atoms with Gasteiger partial charge in [0.1, 0.15) is 27.4 Å².